The molecule has 2 atom stereocenters. The van der Waals surface area contributed by atoms with Crippen molar-refractivity contribution >= 4 is 11.6 Å². The lowest BCUT2D eigenvalue weighted by molar-refractivity contribution is -0.118. The average Bonchev–Trinajstić information content (AvgIpc) is 2.69. The van der Waals surface area contributed by atoms with Gasteiger partial charge in [0.05, 0.1) is 11.8 Å². The number of nitrogens with one attached hydrogen (secondary N) is 2. The van der Waals surface area contributed by atoms with Crippen molar-refractivity contribution in [1.29, 1.82) is 0 Å². The number of rotatable bonds is 3. The summed E-state index contributed by atoms with van der Waals surface area (Å²) < 4.78 is 5.35. The third-order valence-corrected chi connectivity index (χ3v) is 4.22. The fourth-order valence-corrected chi connectivity index (χ4v) is 3.02. The molecule has 114 valence electrons. The van der Waals surface area contributed by atoms with Crippen LogP contribution < -0.4 is 15.4 Å². The first kappa shape index (κ1) is 14.4. The van der Waals surface area contributed by atoms with Crippen LogP contribution in [0.1, 0.15) is 37.7 Å². The second kappa shape index (κ2) is 6.45. The summed E-state index contributed by atoms with van der Waals surface area (Å²) in [7, 11) is 0. The minimum absolute atomic E-state index is 0.0822. The van der Waals surface area contributed by atoms with Gasteiger partial charge in [0.25, 0.3) is 5.91 Å². The topological polar surface area (TPSA) is 70.6 Å². The van der Waals surface area contributed by atoms with Gasteiger partial charge in [0, 0.05) is 12.6 Å². The molecular formula is C16H22N2O3. The molecule has 0 bridgehead atoms. The van der Waals surface area contributed by atoms with E-state index in [1.807, 2.05) is 18.2 Å². The van der Waals surface area contributed by atoms with Crippen molar-refractivity contribution in [3.63, 3.8) is 0 Å². The first-order valence-electron chi connectivity index (χ1n) is 7.69. The third-order valence-electron chi connectivity index (χ3n) is 4.22. The highest BCUT2D eigenvalue weighted by molar-refractivity contribution is 5.95. The van der Waals surface area contributed by atoms with Crippen LogP contribution in [0, 0.1) is 0 Å². The zero-order valence-corrected chi connectivity index (χ0v) is 12.1. The van der Waals surface area contributed by atoms with Crippen LogP contribution in [0.2, 0.25) is 0 Å². The summed E-state index contributed by atoms with van der Waals surface area (Å²) in [5, 5.41) is 16.4. The van der Waals surface area contributed by atoms with Crippen molar-refractivity contribution in [2.75, 3.05) is 11.9 Å². The van der Waals surface area contributed by atoms with Gasteiger partial charge in [-0.2, -0.15) is 0 Å². The van der Waals surface area contributed by atoms with E-state index in [2.05, 4.69) is 10.6 Å². The van der Waals surface area contributed by atoms with Crippen LogP contribution in [0.15, 0.2) is 18.2 Å². The monoisotopic (exact) mass is 290 g/mol. The molecule has 1 amide bonds. The molecule has 0 spiro atoms. The van der Waals surface area contributed by atoms with Crippen LogP contribution in [0.3, 0.4) is 0 Å². The van der Waals surface area contributed by atoms with E-state index in [0.717, 1.165) is 30.5 Å². The van der Waals surface area contributed by atoms with Crippen molar-refractivity contribution in [3.8, 4) is 5.75 Å². The molecule has 0 aromatic heterocycles. The first-order chi connectivity index (χ1) is 10.2. The Kier molecular flexibility index (Phi) is 4.41. The van der Waals surface area contributed by atoms with Gasteiger partial charge in [0.1, 0.15) is 5.75 Å². The Bertz CT molecular complexity index is 518. The van der Waals surface area contributed by atoms with E-state index < -0.39 is 0 Å². The summed E-state index contributed by atoms with van der Waals surface area (Å²) in [4.78, 5) is 11.3. The highest BCUT2D eigenvalue weighted by Gasteiger charge is 2.21. The van der Waals surface area contributed by atoms with Gasteiger partial charge in [-0.25, -0.2) is 0 Å². The number of fused-ring (bicyclic) bond motifs is 1. The van der Waals surface area contributed by atoms with Crippen molar-refractivity contribution in [2.24, 2.45) is 0 Å². The highest BCUT2D eigenvalue weighted by Crippen LogP contribution is 2.28. The average molecular weight is 290 g/mol. The zero-order valence-electron chi connectivity index (χ0n) is 12.1. The highest BCUT2D eigenvalue weighted by atomic mass is 16.5. The van der Waals surface area contributed by atoms with Crippen molar-refractivity contribution < 1.29 is 14.6 Å². The fourth-order valence-electron chi connectivity index (χ4n) is 3.02. The van der Waals surface area contributed by atoms with E-state index in [0.29, 0.717) is 12.3 Å². The second-order valence-electron chi connectivity index (χ2n) is 5.86. The predicted molar refractivity (Wildman–Crippen MR) is 80.3 cm³/mol. The number of hydrogen-bond donors (Lipinski definition) is 3. The van der Waals surface area contributed by atoms with Gasteiger partial charge < -0.3 is 20.5 Å². The number of amides is 1. The molecule has 1 fully saturated rings. The lowest BCUT2D eigenvalue weighted by Gasteiger charge is -2.23. The number of ether oxygens (including phenoxy) is 1. The Morgan fingerprint density at radius 3 is 3.05 bits per heavy atom. The summed E-state index contributed by atoms with van der Waals surface area (Å²) in [5.74, 6) is 0.597. The molecule has 0 radical (unpaired) electrons. The number of anilines is 1. The zero-order chi connectivity index (χ0) is 14.7. The minimum atomic E-state index is -0.256. The molecule has 1 saturated carbocycles. The molecule has 0 saturated heterocycles. The molecule has 2 unspecified atom stereocenters. The number of hydrogen-bond acceptors (Lipinski definition) is 4. The van der Waals surface area contributed by atoms with Gasteiger partial charge in [0.15, 0.2) is 6.61 Å². The summed E-state index contributed by atoms with van der Waals surface area (Å²) in [6, 6.07) is 5.97. The number of aliphatic hydroxyl groups excluding tert-OH is 1. The molecule has 3 rings (SSSR count). The van der Waals surface area contributed by atoms with E-state index in [1.165, 1.54) is 12.8 Å². The Labute approximate surface area is 124 Å². The lowest BCUT2D eigenvalue weighted by atomic mass is 10.1. The second-order valence-corrected chi connectivity index (χ2v) is 5.86. The van der Waals surface area contributed by atoms with Gasteiger partial charge in [-0.05, 0) is 30.5 Å². The maximum Gasteiger partial charge on any atom is 0.262 e. The molecule has 1 aliphatic carbocycles. The third kappa shape index (κ3) is 3.54. The summed E-state index contributed by atoms with van der Waals surface area (Å²) in [5.41, 5.74) is 1.81. The van der Waals surface area contributed by atoms with E-state index >= 15 is 0 Å². The van der Waals surface area contributed by atoms with Crippen LogP contribution in [0.25, 0.3) is 0 Å². The molecule has 1 heterocycles. The number of carbonyl (C=O) groups is 1. The number of benzene rings is 1. The van der Waals surface area contributed by atoms with Crippen molar-refractivity contribution in [3.05, 3.63) is 23.8 Å². The van der Waals surface area contributed by atoms with Gasteiger partial charge >= 0.3 is 0 Å². The van der Waals surface area contributed by atoms with Gasteiger partial charge in [-0.3, -0.25) is 4.79 Å². The van der Waals surface area contributed by atoms with Crippen LogP contribution in [0.5, 0.6) is 5.75 Å². The molecule has 2 aliphatic rings. The van der Waals surface area contributed by atoms with E-state index in [9.17, 15) is 9.90 Å². The van der Waals surface area contributed by atoms with E-state index in [4.69, 9.17) is 4.74 Å². The maximum atomic E-state index is 11.3. The standard InChI is InChI=1S/C16H22N2O3/c19-14-5-3-1-2-4-12(14)17-9-11-6-7-15-13(8-11)18-16(20)10-21-15/h6-8,12,14,17,19H,1-5,9-10H2,(H,18,20). The number of aliphatic hydroxyl groups is 1. The van der Waals surface area contributed by atoms with Gasteiger partial charge in [-0.15, -0.1) is 0 Å². The largest absolute Gasteiger partial charge is 0.482 e. The summed E-state index contributed by atoms with van der Waals surface area (Å²) >= 11 is 0. The van der Waals surface area contributed by atoms with Crippen LogP contribution in [0.4, 0.5) is 5.69 Å². The van der Waals surface area contributed by atoms with Crippen molar-refractivity contribution in [1.82, 2.24) is 5.32 Å². The molecule has 5 nitrogen and oxygen atoms in total. The molecule has 5 heteroatoms. The van der Waals surface area contributed by atoms with E-state index in [-0.39, 0.29) is 24.7 Å². The predicted octanol–water partition coefficient (Wildman–Crippen LogP) is 1.80. The van der Waals surface area contributed by atoms with Crippen LogP contribution in [-0.2, 0) is 11.3 Å². The summed E-state index contributed by atoms with van der Waals surface area (Å²) in [6.07, 6.45) is 5.13. The first-order valence-corrected chi connectivity index (χ1v) is 7.69. The van der Waals surface area contributed by atoms with Crippen LogP contribution >= 0.6 is 0 Å². The number of carbonyl (C=O) groups excluding carboxylic acids is 1. The summed E-state index contributed by atoms with van der Waals surface area (Å²) in [6.45, 7) is 0.768. The fraction of sp³-hybridized carbons (Fsp3) is 0.562. The Balaban J connectivity index is 1.62. The lowest BCUT2D eigenvalue weighted by Crippen LogP contribution is -2.38. The van der Waals surface area contributed by atoms with Crippen molar-refractivity contribution in [2.45, 2.75) is 50.8 Å². The van der Waals surface area contributed by atoms with Gasteiger partial charge in [-0.1, -0.05) is 25.3 Å². The maximum absolute atomic E-state index is 11.3. The molecule has 1 aromatic rings. The Morgan fingerprint density at radius 2 is 2.14 bits per heavy atom. The minimum Gasteiger partial charge on any atom is -0.482 e. The molecule has 1 aliphatic heterocycles. The van der Waals surface area contributed by atoms with Crippen LogP contribution in [-0.4, -0.2) is 29.8 Å². The molecule has 21 heavy (non-hydrogen) atoms. The quantitative estimate of drug-likeness (QED) is 0.742. The normalized spacial score (nSPS) is 25.5. The molecule has 3 N–H and O–H groups in total. The Morgan fingerprint density at radius 1 is 1.29 bits per heavy atom. The smallest absolute Gasteiger partial charge is 0.262 e. The molecule has 1 aromatic carbocycles. The Hall–Kier alpha value is -1.59. The SMILES string of the molecule is O=C1COc2ccc(CNC3CCCCCC3O)cc2N1. The van der Waals surface area contributed by atoms with E-state index in [1.54, 1.807) is 0 Å². The van der Waals surface area contributed by atoms with Gasteiger partial charge in [0.2, 0.25) is 0 Å². The molecular weight excluding hydrogens is 268 g/mol.